The summed E-state index contributed by atoms with van der Waals surface area (Å²) in [5, 5.41) is 1.10. The van der Waals surface area contributed by atoms with Crippen LogP contribution in [0.5, 0.6) is 0 Å². The van der Waals surface area contributed by atoms with E-state index < -0.39 is 0 Å². The van der Waals surface area contributed by atoms with Gasteiger partial charge < -0.3 is 9.30 Å². The van der Waals surface area contributed by atoms with Gasteiger partial charge in [-0.1, -0.05) is 29.3 Å². The van der Waals surface area contributed by atoms with Gasteiger partial charge in [-0.25, -0.2) is 4.98 Å². The van der Waals surface area contributed by atoms with Crippen molar-refractivity contribution in [2.75, 3.05) is 6.61 Å². The Kier molecular flexibility index (Phi) is 5.53. The molecule has 1 heterocycles. The van der Waals surface area contributed by atoms with E-state index in [9.17, 15) is 4.79 Å². The van der Waals surface area contributed by atoms with Gasteiger partial charge in [-0.05, 0) is 48.4 Å². The molecule has 3 rings (SSSR count). The van der Waals surface area contributed by atoms with E-state index in [2.05, 4.69) is 4.98 Å². The van der Waals surface area contributed by atoms with Gasteiger partial charge in [-0.3, -0.25) is 4.79 Å². The van der Waals surface area contributed by atoms with Gasteiger partial charge in [0.15, 0.2) is 5.78 Å². The minimum atomic E-state index is -0.0697. The number of aryl methyl sites for hydroxylation is 1. The number of benzene rings is 2. The van der Waals surface area contributed by atoms with Crippen molar-refractivity contribution in [3.8, 4) is 5.69 Å². The van der Waals surface area contributed by atoms with E-state index in [0.717, 1.165) is 16.8 Å². The Balaban J connectivity index is 1.63. The third-order valence-corrected chi connectivity index (χ3v) is 4.41. The number of Topliss-reactive ketones (excluding diaryl/α,β-unsaturated/α-hetero) is 1. The van der Waals surface area contributed by atoms with Crippen LogP contribution in [-0.2, 0) is 11.3 Å². The fourth-order valence-corrected chi connectivity index (χ4v) is 2.97. The summed E-state index contributed by atoms with van der Waals surface area (Å²) in [6, 6.07) is 10.8. The second kappa shape index (κ2) is 7.83. The van der Waals surface area contributed by atoms with E-state index in [4.69, 9.17) is 27.9 Å². The number of imidazole rings is 1. The number of hydrogen-bond donors (Lipinski definition) is 0. The lowest BCUT2D eigenvalue weighted by Crippen LogP contribution is -2.11. The molecule has 0 saturated heterocycles. The zero-order chi connectivity index (χ0) is 17.8. The van der Waals surface area contributed by atoms with Gasteiger partial charge in [0.2, 0.25) is 0 Å². The average molecular weight is 375 g/mol. The molecule has 25 heavy (non-hydrogen) atoms. The Labute approximate surface area is 156 Å². The van der Waals surface area contributed by atoms with Crippen LogP contribution in [0.2, 0.25) is 10.0 Å². The summed E-state index contributed by atoms with van der Waals surface area (Å²) in [4.78, 5) is 16.4. The highest BCUT2D eigenvalue weighted by atomic mass is 35.5. The summed E-state index contributed by atoms with van der Waals surface area (Å²) in [6.07, 6.45) is 5.29. The summed E-state index contributed by atoms with van der Waals surface area (Å²) >= 11 is 12.0. The van der Waals surface area contributed by atoms with E-state index in [1.54, 1.807) is 30.7 Å². The molecule has 0 N–H and O–H groups in total. The van der Waals surface area contributed by atoms with Crippen molar-refractivity contribution in [1.82, 2.24) is 9.55 Å². The van der Waals surface area contributed by atoms with Crippen LogP contribution in [0.25, 0.3) is 5.69 Å². The molecule has 0 radical (unpaired) electrons. The smallest absolute Gasteiger partial charge is 0.188 e. The molecule has 0 unspecified atom stereocenters. The second-order valence-electron chi connectivity index (χ2n) is 5.62. The summed E-state index contributed by atoms with van der Waals surface area (Å²) in [7, 11) is 0. The van der Waals surface area contributed by atoms with Gasteiger partial charge in [0.1, 0.15) is 6.61 Å². The van der Waals surface area contributed by atoms with E-state index in [0.29, 0.717) is 15.6 Å². The van der Waals surface area contributed by atoms with Gasteiger partial charge in [0.25, 0.3) is 0 Å². The molecule has 0 fully saturated rings. The Hall–Kier alpha value is -2.14. The minimum absolute atomic E-state index is 0.00970. The zero-order valence-corrected chi connectivity index (χ0v) is 15.1. The fraction of sp³-hybridized carbons (Fsp3) is 0.158. The lowest BCUT2D eigenvalue weighted by atomic mass is 10.0. The maximum Gasteiger partial charge on any atom is 0.188 e. The Morgan fingerprint density at radius 3 is 2.72 bits per heavy atom. The molecule has 0 atom stereocenters. The van der Waals surface area contributed by atoms with E-state index in [-0.39, 0.29) is 19.0 Å². The van der Waals surface area contributed by atoms with Crippen molar-refractivity contribution in [3.63, 3.8) is 0 Å². The van der Waals surface area contributed by atoms with Gasteiger partial charge in [0, 0.05) is 33.7 Å². The first kappa shape index (κ1) is 17.7. The van der Waals surface area contributed by atoms with Crippen molar-refractivity contribution < 1.29 is 9.53 Å². The predicted molar refractivity (Wildman–Crippen MR) is 98.7 cm³/mol. The number of nitrogens with zero attached hydrogens (tertiary/aromatic N) is 2. The molecule has 0 amide bonds. The van der Waals surface area contributed by atoms with Crippen LogP contribution in [0.1, 0.15) is 21.5 Å². The first-order chi connectivity index (χ1) is 12.0. The van der Waals surface area contributed by atoms with Crippen LogP contribution < -0.4 is 0 Å². The van der Waals surface area contributed by atoms with Crippen LogP contribution >= 0.6 is 23.2 Å². The molecule has 0 aliphatic rings. The molecule has 3 aromatic rings. The van der Waals surface area contributed by atoms with Gasteiger partial charge in [-0.15, -0.1) is 0 Å². The number of ether oxygens (including phenoxy) is 1. The highest BCUT2D eigenvalue weighted by molar-refractivity contribution is 6.35. The minimum Gasteiger partial charge on any atom is -0.369 e. The molecule has 0 spiro atoms. The molecule has 128 valence electrons. The maximum absolute atomic E-state index is 12.4. The van der Waals surface area contributed by atoms with Gasteiger partial charge in [-0.2, -0.15) is 0 Å². The molecule has 0 aliphatic heterocycles. The summed E-state index contributed by atoms with van der Waals surface area (Å²) in [5.41, 5.74) is 3.29. The fourth-order valence-electron chi connectivity index (χ4n) is 2.50. The average Bonchev–Trinajstić information content (AvgIpc) is 3.11. The standard InChI is InChI=1S/C19H16Cl2N2O2/c1-13-8-16(23-7-6-22-12-23)4-5-17(13)19(24)11-25-10-14-2-3-15(20)9-18(14)21/h2-9,12H,10-11H2,1H3. The van der Waals surface area contributed by atoms with Crippen molar-refractivity contribution in [1.29, 1.82) is 0 Å². The molecule has 0 aliphatic carbocycles. The number of ketones is 1. The summed E-state index contributed by atoms with van der Waals surface area (Å²) in [5.74, 6) is -0.0697. The first-order valence-corrected chi connectivity index (χ1v) is 8.44. The predicted octanol–water partition coefficient (Wildman–Crippen LogP) is 4.89. The highest BCUT2D eigenvalue weighted by Gasteiger charge is 2.11. The molecular formula is C19H16Cl2N2O2. The second-order valence-corrected chi connectivity index (χ2v) is 6.46. The van der Waals surface area contributed by atoms with Gasteiger partial charge >= 0.3 is 0 Å². The monoisotopic (exact) mass is 374 g/mol. The van der Waals surface area contributed by atoms with Crippen LogP contribution in [-0.4, -0.2) is 21.9 Å². The largest absolute Gasteiger partial charge is 0.369 e. The normalized spacial score (nSPS) is 10.8. The number of hydrogen-bond acceptors (Lipinski definition) is 3. The quantitative estimate of drug-likeness (QED) is 0.577. The van der Waals surface area contributed by atoms with Crippen LogP contribution in [0.3, 0.4) is 0 Å². The first-order valence-electron chi connectivity index (χ1n) is 7.68. The third kappa shape index (κ3) is 4.28. The molecule has 1 aromatic heterocycles. The summed E-state index contributed by atoms with van der Waals surface area (Å²) < 4.78 is 7.41. The lowest BCUT2D eigenvalue weighted by Gasteiger charge is -2.10. The Bertz CT molecular complexity index is 892. The highest BCUT2D eigenvalue weighted by Crippen LogP contribution is 2.22. The van der Waals surface area contributed by atoms with Crippen molar-refractivity contribution in [2.45, 2.75) is 13.5 Å². The van der Waals surface area contributed by atoms with Gasteiger partial charge in [0.05, 0.1) is 12.9 Å². The van der Waals surface area contributed by atoms with E-state index in [1.165, 1.54) is 0 Å². The third-order valence-electron chi connectivity index (χ3n) is 3.82. The maximum atomic E-state index is 12.4. The Morgan fingerprint density at radius 1 is 1.20 bits per heavy atom. The van der Waals surface area contributed by atoms with Crippen LogP contribution in [0.4, 0.5) is 0 Å². The Morgan fingerprint density at radius 2 is 2.04 bits per heavy atom. The van der Waals surface area contributed by atoms with Crippen LogP contribution in [0.15, 0.2) is 55.1 Å². The number of carbonyl (C=O) groups is 1. The molecule has 0 saturated carbocycles. The number of aromatic nitrogens is 2. The topological polar surface area (TPSA) is 44.1 Å². The lowest BCUT2D eigenvalue weighted by molar-refractivity contribution is 0.0726. The number of rotatable bonds is 6. The molecule has 6 heteroatoms. The molecule has 4 nitrogen and oxygen atoms in total. The molecule has 0 bridgehead atoms. The molecule has 2 aromatic carbocycles. The number of carbonyl (C=O) groups excluding carboxylic acids is 1. The van der Waals surface area contributed by atoms with Crippen LogP contribution in [0, 0.1) is 6.92 Å². The van der Waals surface area contributed by atoms with Crippen molar-refractivity contribution in [2.24, 2.45) is 0 Å². The van der Waals surface area contributed by atoms with E-state index >= 15 is 0 Å². The zero-order valence-electron chi connectivity index (χ0n) is 13.6. The molecular weight excluding hydrogens is 359 g/mol. The van der Waals surface area contributed by atoms with E-state index in [1.807, 2.05) is 35.9 Å². The van der Waals surface area contributed by atoms with Crippen molar-refractivity contribution in [3.05, 3.63) is 81.9 Å². The number of halogens is 2. The SMILES string of the molecule is Cc1cc(-n2ccnc2)ccc1C(=O)COCc1ccc(Cl)cc1Cl. The van der Waals surface area contributed by atoms with Crippen molar-refractivity contribution >= 4 is 29.0 Å². The summed E-state index contributed by atoms with van der Waals surface area (Å²) in [6.45, 7) is 2.15.